The van der Waals surface area contributed by atoms with E-state index in [-0.39, 0.29) is 31.4 Å². The van der Waals surface area contributed by atoms with Crippen LogP contribution in [0.5, 0.6) is 0 Å². The van der Waals surface area contributed by atoms with Gasteiger partial charge in [0.25, 0.3) is 0 Å². The second-order valence-corrected chi connectivity index (χ2v) is 6.19. The first kappa shape index (κ1) is 21.1. The van der Waals surface area contributed by atoms with Crippen LogP contribution in [0, 0.1) is 5.82 Å². The lowest BCUT2D eigenvalue weighted by Gasteiger charge is -2.32. The summed E-state index contributed by atoms with van der Waals surface area (Å²) >= 11 is 0. The van der Waals surface area contributed by atoms with E-state index < -0.39 is 11.4 Å². The third-order valence-electron chi connectivity index (χ3n) is 3.90. The summed E-state index contributed by atoms with van der Waals surface area (Å²) in [6, 6.07) is 5.79. The molecule has 1 aromatic carbocycles. The molecule has 1 atom stereocenters. The quantitative estimate of drug-likeness (QED) is 0.483. The van der Waals surface area contributed by atoms with E-state index in [2.05, 4.69) is 10.6 Å². The van der Waals surface area contributed by atoms with Gasteiger partial charge in [-0.3, -0.25) is 14.5 Å². The van der Waals surface area contributed by atoms with E-state index in [0.29, 0.717) is 18.7 Å². The molecule has 0 aliphatic heterocycles. The molecule has 0 bridgehead atoms. The van der Waals surface area contributed by atoms with Gasteiger partial charge in [0.15, 0.2) is 0 Å². The molecule has 1 amide bonds. The molecular formula is C18H28FN3O3. The molecule has 0 aliphatic carbocycles. The Morgan fingerprint density at radius 1 is 1.24 bits per heavy atom. The Kier molecular flexibility index (Phi) is 8.51. The molecule has 0 fully saturated rings. The average molecular weight is 353 g/mol. The highest BCUT2D eigenvalue weighted by Gasteiger charge is 2.38. The highest BCUT2D eigenvalue weighted by Crippen LogP contribution is 2.27. The summed E-state index contributed by atoms with van der Waals surface area (Å²) in [5.74, 6) is -0.890. The Morgan fingerprint density at radius 3 is 2.44 bits per heavy atom. The van der Waals surface area contributed by atoms with E-state index in [9.17, 15) is 14.0 Å². The highest BCUT2D eigenvalue weighted by atomic mass is 19.1. The van der Waals surface area contributed by atoms with Gasteiger partial charge in [0.05, 0.1) is 13.2 Å². The van der Waals surface area contributed by atoms with Gasteiger partial charge in [-0.1, -0.05) is 12.1 Å². The number of amides is 1. The van der Waals surface area contributed by atoms with Crippen molar-refractivity contribution in [2.45, 2.75) is 19.3 Å². The monoisotopic (exact) mass is 353 g/mol. The standard InChI is InChI=1S/C18H28FN3O3/c1-5-25-17(24)18(2,14-6-8-15(19)9-7-14)13-22(4)12-16(23)21-11-10-20-3/h6-9,20H,5,10-13H2,1-4H3,(H,21,23). The van der Waals surface area contributed by atoms with Gasteiger partial charge in [0.1, 0.15) is 11.2 Å². The van der Waals surface area contributed by atoms with E-state index in [1.807, 2.05) is 7.05 Å². The molecule has 1 aromatic rings. The number of benzene rings is 1. The van der Waals surface area contributed by atoms with Crippen molar-refractivity contribution in [2.75, 3.05) is 46.9 Å². The lowest BCUT2D eigenvalue weighted by molar-refractivity contribution is -0.150. The fourth-order valence-corrected chi connectivity index (χ4v) is 2.61. The maximum Gasteiger partial charge on any atom is 0.317 e. The van der Waals surface area contributed by atoms with Crippen LogP contribution < -0.4 is 10.6 Å². The summed E-state index contributed by atoms with van der Waals surface area (Å²) in [5, 5.41) is 5.74. The van der Waals surface area contributed by atoms with Crippen molar-refractivity contribution >= 4 is 11.9 Å². The van der Waals surface area contributed by atoms with Crippen molar-refractivity contribution in [1.82, 2.24) is 15.5 Å². The molecule has 0 saturated carbocycles. The zero-order valence-electron chi connectivity index (χ0n) is 15.4. The molecule has 140 valence electrons. The molecule has 0 spiro atoms. The van der Waals surface area contributed by atoms with E-state index in [1.54, 1.807) is 37.9 Å². The lowest BCUT2D eigenvalue weighted by Crippen LogP contribution is -2.47. The Balaban J connectivity index is 2.84. The summed E-state index contributed by atoms with van der Waals surface area (Å²) in [5.41, 5.74) is -0.348. The zero-order valence-corrected chi connectivity index (χ0v) is 15.4. The predicted octanol–water partition coefficient (Wildman–Crippen LogP) is 0.914. The third-order valence-corrected chi connectivity index (χ3v) is 3.90. The minimum atomic E-state index is -0.996. The van der Waals surface area contributed by atoms with Gasteiger partial charge in [0, 0.05) is 19.6 Å². The second-order valence-electron chi connectivity index (χ2n) is 6.19. The van der Waals surface area contributed by atoms with Crippen LogP contribution in [0.2, 0.25) is 0 Å². The number of nitrogens with one attached hydrogen (secondary N) is 2. The summed E-state index contributed by atoms with van der Waals surface area (Å²) in [4.78, 5) is 26.2. The molecule has 0 saturated heterocycles. The van der Waals surface area contributed by atoms with Gasteiger partial charge in [-0.15, -0.1) is 0 Å². The maximum absolute atomic E-state index is 13.2. The Labute approximate surface area is 148 Å². The molecule has 6 nitrogen and oxygen atoms in total. The molecule has 0 radical (unpaired) electrons. The SMILES string of the molecule is CCOC(=O)C(C)(CN(C)CC(=O)NCCNC)c1ccc(F)cc1. The molecule has 2 N–H and O–H groups in total. The molecule has 25 heavy (non-hydrogen) atoms. The number of hydrogen-bond acceptors (Lipinski definition) is 5. The van der Waals surface area contributed by atoms with E-state index in [1.165, 1.54) is 12.1 Å². The number of carbonyl (C=O) groups excluding carboxylic acids is 2. The first-order valence-electron chi connectivity index (χ1n) is 8.36. The zero-order chi connectivity index (χ0) is 18.9. The molecule has 0 heterocycles. The Bertz CT molecular complexity index is 565. The number of nitrogens with zero attached hydrogens (tertiary/aromatic N) is 1. The van der Waals surface area contributed by atoms with Gasteiger partial charge >= 0.3 is 5.97 Å². The minimum absolute atomic E-state index is 0.122. The molecule has 0 aliphatic rings. The number of carbonyl (C=O) groups is 2. The van der Waals surface area contributed by atoms with Gasteiger partial charge in [-0.05, 0) is 45.6 Å². The van der Waals surface area contributed by atoms with Gasteiger partial charge in [0.2, 0.25) is 5.91 Å². The molecule has 1 unspecified atom stereocenters. The van der Waals surface area contributed by atoms with Crippen LogP contribution >= 0.6 is 0 Å². The molecular weight excluding hydrogens is 325 g/mol. The molecule has 1 rings (SSSR count). The minimum Gasteiger partial charge on any atom is -0.465 e. The van der Waals surface area contributed by atoms with Crippen molar-refractivity contribution in [2.24, 2.45) is 0 Å². The van der Waals surface area contributed by atoms with Crippen molar-refractivity contribution < 1.29 is 18.7 Å². The number of rotatable bonds is 10. The smallest absolute Gasteiger partial charge is 0.317 e. The van der Waals surface area contributed by atoms with Crippen LogP contribution in [0.25, 0.3) is 0 Å². The lowest BCUT2D eigenvalue weighted by atomic mass is 9.82. The fraction of sp³-hybridized carbons (Fsp3) is 0.556. The number of esters is 1. The largest absolute Gasteiger partial charge is 0.465 e. The maximum atomic E-state index is 13.2. The number of likely N-dealkylation sites (N-methyl/N-ethyl adjacent to an activating group) is 2. The van der Waals surface area contributed by atoms with E-state index >= 15 is 0 Å². The van der Waals surface area contributed by atoms with Crippen LogP contribution in [-0.2, 0) is 19.7 Å². The van der Waals surface area contributed by atoms with Crippen LogP contribution in [0.4, 0.5) is 4.39 Å². The van der Waals surface area contributed by atoms with Gasteiger partial charge in [-0.2, -0.15) is 0 Å². The van der Waals surface area contributed by atoms with Crippen molar-refractivity contribution in [3.63, 3.8) is 0 Å². The second kappa shape index (κ2) is 10.1. The average Bonchev–Trinajstić information content (AvgIpc) is 2.55. The van der Waals surface area contributed by atoms with Crippen LogP contribution in [0.15, 0.2) is 24.3 Å². The summed E-state index contributed by atoms with van der Waals surface area (Å²) in [6.45, 7) is 5.39. The highest BCUT2D eigenvalue weighted by molar-refractivity contribution is 5.83. The molecule has 7 heteroatoms. The van der Waals surface area contributed by atoms with E-state index in [0.717, 1.165) is 0 Å². The Hall–Kier alpha value is -1.99. The van der Waals surface area contributed by atoms with Crippen LogP contribution in [-0.4, -0.2) is 63.7 Å². The van der Waals surface area contributed by atoms with Crippen molar-refractivity contribution in [1.29, 1.82) is 0 Å². The summed E-state index contributed by atoms with van der Waals surface area (Å²) < 4.78 is 18.4. The number of halogens is 1. The fourth-order valence-electron chi connectivity index (χ4n) is 2.61. The van der Waals surface area contributed by atoms with Crippen LogP contribution in [0.1, 0.15) is 19.4 Å². The first-order chi connectivity index (χ1) is 11.8. The normalized spacial score (nSPS) is 13.4. The summed E-state index contributed by atoms with van der Waals surface area (Å²) in [7, 11) is 3.57. The topological polar surface area (TPSA) is 70.7 Å². The first-order valence-corrected chi connectivity index (χ1v) is 8.36. The molecule has 0 aromatic heterocycles. The predicted molar refractivity (Wildman–Crippen MR) is 94.8 cm³/mol. The summed E-state index contributed by atoms with van der Waals surface area (Å²) in [6.07, 6.45) is 0. The van der Waals surface area contributed by atoms with Gasteiger partial charge in [-0.25, -0.2) is 4.39 Å². The van der Waals surface area contributed by atoms with E-state index in [4.69, 9.17) is 4.74 Å². The van der Waals surface area contributed by atoms with Gasteiger partial charge < -0.3 is 15.4 Å². The van der Waals surface area contributed by atoms with Crippen molar-refractivity contribution in [3.05, 3.63) is 35.6 Å². The number of ether oxygens (including phenoxy) is 1. The van der Waals surface area contributed by atoms with Crippen LogP contribution in [0.3, 0.4) is 0 Å². The third kappa shape index (κ3) is 6.43. The Morgan fingerprint density at radius 2 is 1.88 bits per heavy atom. The number of hydrogen-bond donors (Lipinski definition) is 2. The van der Waals surface area contributed by atoms with Crippen molar-refractivity contribution in [3.8, 4) is 0 Å².